The Labute approximate surface area is 79.8 Å². The van der Waals surface area contributed by atoms with Crippen LogP contribution in [0, 0.1) is 5.82 Å². The zero-order valence-electron chi connectivity index (χ0n) is 7.08. The third-order valence-electron chi connectivity index (χ3n) is 1.47. The molecule has 0 fully saturated rings. The first kappa shape index (κ1) is 10.1. The Kier molecular flexibility index (Phi) is 3.31. The van der Waals surface area contributed by atoms with E-state index in [1.165, 1.54) is 23.9 Å². The molecule has 2 nitrogen and oxygen atoms in total. The monoisotopic (exact) mass is 200 g/mol. The van der Waals surface area contributed by atoms with E-state index in [9.17, 15) is 9.18 Å². The topological polar surface area (TPSA) is 37.3 Å². The average molecular weight is 200 g/mol. The van der Waals surface area contributed by atoms with Crippen LogP contribution in [0.25, 0.3) is 0 Å². The van der Waals surface area contributed by atoms with Crippen LogP contribution in [-0.4, -0.2) is 16.8 Å². The van der Waals surface area contributed by atoms with Gasteiger partial charge in [-0.1, -0.05) is 6.92 Å². The number of carboxylic acids is 1. The molecular formula is C9H9FO2S. The summed E-state index contributed by atoms with van der Waals surface area (Å²) in [7, 11) is 0. The van der Waals surface area contributed by atoms with Gasteiger partial charge in [-0.05, 0) is 24.0 Å². The quantitative estimate of drug-likeness (QED) is 0.762. The fourth-order valence-corrected chi connectivity index (χ4v) is 1.77. The number of hydrogen-bond acceptors (Lipinski definition) is 2. The predicted octanol–water partition coefficient (Wildman–Crippen LogP) is 2.64. The minimum Gasteiger partial charge on any atom is -0.478 e. The van der Waals surface area contributed by atoms with Gasteiger partial charge in [-0.15, -0.1) is 11.8 Å². The molecule has 0 aliphatic rings. The van der Waals surface area contributed by atoms with Crippen LogP contribution in [0.2, 0.25) is 0 Å². The van der Waals surface area contributed by atoms with E-state index in [4.69, 9.17) is 5.11 Å². The van der Waals surface area contributed by atoms with Crippen LogP contribution in [0.4, 0.5) is 4.39 Å². The van der Waals surface area contributed by atoms with E-state index in [1.807, 2.05) is 6.92 Å². The number of aromatic carboxylic acids is 1. The van der Waals surface area contributed by atoms with E-state index in [1.54, 1.807) is 0 Å². The molecule has 1 aromatic carbocycles. The lowest BCUT2D eigenvalue weighted by Crippen LogP contribution is -1.99. The highest BCUT2D eigenvalue weighted by Gasteiger charge is 2.10. The van der Waals surface area contributed by atoms with Gasteiger partial charge < -0.3 is 5.11 Å². The van der Waals surface area contributed by atoms with Gasteiger partial charge in [0.2, 0.25) is 0 Å². The molecule has 70 valence electrons. The second-order valence-corrected chi connectivity index (χ2v) is 3.68. The number of halogens is 1. The number of carboxylic acid groups (broad SMARTS) is 1. The molecule has 0 atom stereocenters. The number of benzene rings is 1. The second kappa shape index (κ2) is 4.28. The molecule has 1 aromatic rings. The summed E-state index contributed by atoms with van der Waals surface area (Å²) >= 11 is 1.32. The summed E-state index contributed by atoms with van der Waals surface area (Å²) in [4.78, 5) is 11.2. The van der Waals surface area contributed by atoms with Crippen LogP contribution in [0.5, 0.6) is 0 Å². The van der Waals surface area contributed by atoms with Crippen molar-refractivity contribution < 1.29 is 14.3 Å². The molecule has 0 saturated carbocycles. The summed E-state index contributed by atoms with van der Waals surface area (Å²) < 4.78 is 12.7. The van der Waals surface area contributed by atoms with Crippen LogP contribution >= 0.6 is 11.8 Å². The lowest BCUT2D eigenvalue weighted by molar-refractivity contribution is 0.0693. The Morgan fingerprint density at radius 1 is 1.62 bits per heavy atom. The molecule has 0 saturated heterocycles. The predicted molar refractivity (Wildman–Crippen MR) is 49.8 cm³/mol. The third-order valence-corrected chi connectivity index (χ3v) is 2.41. The van der Waals surface area contributed by atoms with Gasteiger partial charge in [0, 0.05) is 4.90 Å². The molecule has 0 bridgehead atoms. The summed E-state index contributed by atoms with van der Waals surface area (Å²) in [5.74, 6) is -0.694. The molecule has 1 rings (SSSR count). The maximum Gasteiger partial charge on any atom is 0.336 e. The highest BCUT2D eigenvalue weighted by molar-refractivity contribution is 7.99. The van der Waals surface area contributed by atoms with Crippen molar-refractivity contribution in [2.24, 2.45) is 0 Å². The van der Waals surface area contributed by atoms with E-state index in [2.05, 4.69) is 0 Å². The van der Waals surface area contributed by atoms with Crippen LogP contribution in [0.1, 0.15) is 17.3 Å². The van der Waals surface area contributed by atoms with Gasteiger partial charge in [0.1, 0.15) is 5.82 Å². The second-order valence-electron chi connectivity index (χ2n) is 2.38. The van der Waals surface area contributed by atoms with Gasteiger partial charge in [0.15, 0.2) is 0 Å². The molecule has 0 spiro atoms. The molecule has 1 N–H and O–H groups in total. The summed E-state index contributed by atoms with van der Waals surface area (Å²) in [5.41, 5.74) is 0.160. The summed E-state index contributed by atoms with van der Waals surface area (Å²) in [6, 6.07) is 3.69. The van der Waals surface area contributed by atoms with Gasteiger partial charge in [-0.25, -0.2) is 9.18 Å². The Morgan fingerprint density at radius 2 is 2.31 bits per heavy atom. The van der Waals surface area contributed by atoms with Crippen molar-refractivity contribution in [1.82, 2.24) is 0 Å². The van der Waals surface area contributed by atoms with Crippen molar-refractivity contribution in [2.75, 3.05) is 5.75 Å². The van der Waals surface area contributed by atoms with Crippen molar-refractivity contribution in [3.63, 3.8) is 0 Å². The van der Waals surface area contributed by atoms with Gasteiger partial charge in [-0.3, -0.25) is 0 Å². The van der Waals surface area contributed by atoms with Crippen molar-refractivity contribution >= 4 is 17.7 Å². The van der Waals surface area contributed by atoms with Gasteiger partial charge >= 0.3 is 5.97 Å². The van der Waals surface area contributed by atoms with Crippen molar-refractivity contribution in [3.8, 4) is 0 Å². The zero-order valence-corrected chi connectivity index (χ0v) is 7.90. The minimum absolute atomic E-state index is 0.160. The molecule has 0 unspecified atom stereocenters. The lowest BCUT2D eigenvalue weighted by atomic mass is 10.2. The molecular weight excluding hydrogens is 191 g/mol. The number of rotatable bonds is 3. The molecule has 0 aliphatic heterocycles. The molecule has 0 aromatic heterocycles. The minimum atomic E-state index is -1.02. The van der Waals surface area contributed by atoms with E-state index in [-0.39, 0.29) is 5.56 Å². The molecule has 0 amide bonds. The summed E-state index contributed by atoms with van der Waals surface area (Å²) in [5, 5.41) is 8.75. The molecule has 0 radical (unpaired) electrons. The average Bonchev–Trinajstić information content (AvgIpc) is 2.04. The normalized spacial score (nSPS) is 10.0. The zero-order chi connectivity index (χ0) is 9.84. The van der Waals surface area contributed by atoms with Crippen molar-refractivity contribution in [1.29, 1.82) is 0 Å². The molecule has 4 heteroatoms. The van der Waals surface area contributed by atoms with Gasteiger partial charge in [-0.2, -0.15) is 0 Å². The maximum absolute atomic E-state index is 12.7. The standard InChI is InChI=1S/C9H9FO2S/c1-2-13-8-5-6(10)3-4-7(8)9(11)12/h3-5H,2H2,1H3,(H,11,12). The summed E-state index contributed by atoms with van der Waals surface area (Å²) in [6.07, 6.45) is 0. The van der Waals surface area contributed by atoms with E-state index in [0.29, 0.717) is 4.90 Å². The fraction of sp³-hybridized carbons (Fsp3) is 0.222. The molecule has 13 heavy (non-hydrogen) atoms. The first-order chi connectivity index (χ1) is 6.15. The van der Waals surface area contributed by atoms with Crippen LogP contribution < -0.4 is 0 Å². The lowest BCUT2D eigenvalue weighted by Gasteiger charge is -2.03. The Bertz CT molecular complexity index is 325. The van der Waals surface area contributed by atoms with E-state index < -0.39 is 11.8 Å². The molecule has 0 aliphatic carbocycles. The third kappa shape index (κ3) is 2.45. The maximum atomic E-state index is 12.7. The first-order valence-electron chi connectivity index (χ1n) is 3.80. The Balaban J connectivity index is 3.10. The SMILES string of the molecule is CCSc1cc(F)ccc1C(=O)O. The largest absolute Gasteiger partial charge is 0.478 e. The first-order valence-corrected chi connectivity index (χ1v) is 4.79. The highest BCUT2D eigenvalue weighted by atomic mass is 32.2. The van der Waals surface area contributed by atoms with Gasteiger partial charge in [0.25, 0.3) is 0 Å². The Morgan fingerprint density at radius 3 is 2.85 bits per heavy atom. The van der Waals surface area contributed by atoms with Gasteiger partial charge in [0.05, 0.1) is 5.56 Å². The number of carbonyl (C=O) groups is 1. The Hall–Kier alpha value is -1.03. The van der Waals surface area contributed by atoms with Crippen LogP contribution in [0.15, 0.2) is 23.1 Å². The fourth-order valence-electron chi connectivity index (χ4n) is 0.948. The van der Waals surface area contributed by atoms with E-state index >= 15 is 0 Å². The van der Waals surface area contributed by atoms with Crippen molar-refractivity contribution in [3.05, 3.63) is 29.6 Å². The van der Waals surface area contributed by atoms with Crippen molar-refractivity contribution in [2.45, 2.75) is 11.8 Å². The number of thioether (sulfide) groups is 1. The van der Waals surface area contributed by atoms with E-state index in [0.717, 1.165) is 11.8 Å². The summed E-state index contributed by atoms with van der Waals surface area (Å²) in [6.45, 7) is 1.89. The highest BCUT2D eigenvalue weighted by Crippen LogP contribution is 2.23. The number of hydrogen-bond donors (Lipinski definition) is 1. The smallest absolute Gasteiger partial charge is 0.336 e. The molecule has 0 heterocycles. The van der Waals surface area contributed by atoms with Crippen LogP contribution in [0.3, 0.4) is 0 Å². The van der Waals surface area contributed by atoms with Crippen LogP contribution in [-0.2, 0) is 0 Å².